The van der Waals surface area contributed by atoms with Crippen molar-refractivity contribution in [3.8, 4) is 5.75 Å². The highest BCUT2D eigenvalue weighted by Crippen LogP contribution is 2.33. The zero-order chi connectivity index (χ0) is 43.5. The number of halogens is 2. The third-order valence-corrected chi connectivity index (χ3v) is 10.5. The van der Waals surface area contributed by atoms with E-state index in [1.165, 1.54) is 36.5 Å². The summed E-state index contributed by atoms with van der Waals surface area (Å²) < 4.78 is 16.5. The minimum absolute atomic E-state index is 0.00698. The Morgan fingerprint density at radius 2 is 1.49 bits per heavy atom. The highest BCUT2D eigenvalue weighted by molar-refractivity contribution is 6.40. The number of nitrogens with zero attached hydrogens (tertiary/aromatic N) is 3. The monoisotopic (exact) mass is 883 g/mol. The molecule has 61 heavy (non-hydrogen) atoms. The van der Waals surface area contributed by atoms with Crippen LogP contribution in [0.2, 0.25) is 10.0 Å². The number of nitrogens with one attached hydrogen (secondary N) is 6. The summed E-state index contributed by atoms with van der Waals surface area (Å²) in [6.07, 6.45) is 2.55. The van der Waals surface area contributed by atoms with Gasteiger partial charge in [-0.25, -0.2) is 0 Å². The fourth-order valence-electron chi connectivity index (χ4n) is 6.85. The van der Waals surface area contributed by atoms with Gasteiger partial charge in [0.15, 0.2) is 6.61 Å². The summed E-state index contributed by atoms with van der Waals surface area (Å²) in [6.45, 7) is 2.34. The highest BCUT2D eigenvalue weighted by Gasteiger charge is 2.46. The quantitative estimate of drug-likeness (QED) is 0.0724. The number of amides is 8. The minimum Gasteiger partial charge on any atom is -0.483 e. The molecule has 0 aliphatic carbocycles. The van der Waals surface area contributed by atoms with Gasteiger partial charge in [0.05, 0.1) is 71.6 Å². The van der Waals surface area contributed by atoms with Gasteiger partial charge in [0.25, 0.3) is 29.5 Å². The van der Waals surface area contributed by atoms with Gasteiger partial charge in [-0.05, 0) is 43.5 Å². The number of aromatic nitrogens is 2. The van der Waals surface area contributed by atoms with Crippen LogP contribution in [-0.2, 0) is 28.7 Å². The second kappa shape index (κ2) is 21.0. The molecule has 2 saturated heterocycles. The number of anilines is 1. The number of ether oxygens (including phenoxy) is 3. The van der Waals surface area contributed by atoms with Gasteiger partial charge in [0, 0.05) is 38.6 Å². The Hall–Kier alpha value is -5.93. The van der Waals surface area contributed by atoms with Crippen molar-refractivity contribution in [3.63, 3.8) is 0 Å². The Labute approximate surface area is 358 Å². The molecule has 20 nitrogen and oxygen atoms in total. The van der Waals surface area contributed by atoms with E-state index in [0.29, 0.717) is 32.5 Å². The molecule has 1 unspecified atom stereocenters. The van der Waals surface area contributed by atoms with E-state index >= 15 is 0 Å². The highest BCUT2D eigenvalue weighted by atomic mass is 35.5. The van der Waals surface area contributed by atoms with Crippen molar-refractivity contribution in [2.24, 2.45) is 0 Å². The van der Waals surface area contributed by atoms with Crippen LogP contribution in [0.3, 0.4) is 0 Å². The summed E-state index contributed by atoms with van der Waals surface area (Å²) >= 11 is 12.3. The van der Waals surface area contributed by atoms with Gasteiger partial charge in [0.2, 0.25) is 17.7 Å². The number of carbonyl (C=O) groups excluding carboxylic acids is 8. The third-order valence-electron chi connectivity index (χ3n) is 9.89. The number of benzene rings is 2. The molecule has 3 aliphatic rings. The zero-order valence-corrected chi connectivity index (χ0v) is 34.2. The average Bonchev–Trinajstić information content (AvgIpc) is 3.79. The van der Waals surface area contributed by atoms with E-state index in [0.717, 1.165) is 4.90 Å². The lowest BCUT2D eigenvalue weighted by molar-refractivity contribution is -0.136. The van der Waals surface area contributed by atoms with Crippen LogP contribution in [0.15, 0.2) is 42.6 Å². The topological polar surface area (TPSA) is 260 Å². The Kier molecular flexibility index (Phi) is 15.4. The van der Waals surface area contributed by atoms with Crippen molar-refractivity contribution in [2.75, 3.05) is 71.1 Å². The van der Waals surface area contributed by atoms with Crippen molar-refractivity contribution >= 4 is 76.1 Å². The van der Waals surface area contributed by atoms with Gasteiger partial charge in [-0.3, -0.25) is 58.6 Å². The second-order valence-corrected chi connectivity index (χ2v) is 14.9. The van der Waals surface area contributed by atoms with E-state index in [2.05, 4.69) is 36.8 Å². The van der Waals surface area contributed by atoms with E-state index < -0.39 is 54.0 Å². The predicted molar refractivity (Wildman–Crippen MR) is 216 cm³/mol. The number of hydrogen-bond acceptors (Lipinski definition) is 13. The molecule has 324 valence electrons. The molecule has 0 radical (unpaired) electrons. The lowest BCUT2D eigenvalue weighted by atomic mass is 10.0. The third kappa shape index (κ3) is 11.5. The van der Waals surface area contributed by atoms with Gasteiger partial charge < -0.3 is 35.5 Å². The summed E-state index contributed by atoms with van der Waals surface area (Å²) in [6, 6.07) is 7.79. The maximum atomic E-state index is 13.2. The lowest BCUT2D eigenvalue weighted by Gasteiger charge is -2.31. The summed E-state index contributed by atoms with van der Waals surface area (Å²) in [5.74, 6) is -4.28. The number of hydrogen-bond donors (Lipinski definition) is 6. The van der Waals surface area contributed by atoms with Crippen molar-refractivity contribution in [1.82, 2.24) is 41.3 Å². The SMILES string of the molecule is O=C(COc1cccc2c1C(=O)N(C1CCC(=O)NC1=O)C2=O)NCCOCCOCCNC(=O)CN1CCC(NC(=O)c2[nH]ncc2NC(=O)c2c(Cl)cccc2Cl)CC1. The van der Waals surface area contributed by atoms with E-state index in [9.17, 15) is 38.4 Å². The van der Waals surface area contributed by atoms with Gasteiger partial charge in [-0.15, -0.1) is 0 Å². The van der Waals surface area contributed by atoms with Gasteiger partial charge >= 0.3 is 0 Å². The molecule has 6 N–H and O–H groups in total. The summed E-state index contributed by atoms with van der Waals surface area (Å²) in [5.41, 5.74) is 0.325. The Balaban J connectivity index is 0.780. The van der Waals surface area contributed by atoms with Crippen molar-refractivity contribution in [3.05, 3.63) is 75.0 Å². The molecule has 0 saturated carbocycles. The van der Waals surface area contributed by atoms with E-state index in [1.807, 2.05) is 4.90 Å². The smallest absolute Gasteiger partial charge is 0.271 e. The Morgan fingerprint density at radius 3 is 2.18 bits per heavy atom. The van der Waals surface area contributed by atoms with Gasteiger partial charge in [0.1, 0.15) is 17.5 Å². The number of H-pyrrole nitrogens is 1. The van der Waals surface area contributed by atoms with Crippen molar-refractivity contribution in [1.29, 1.82) is 0 Å². The number of fused-ring (bicyclic) bond motifs is 1. The first kappa shape index (κ1) is 44.6. The van der Waals surface area contributed by atoms with Crippen LogP contribution in [0.25, 0.3) is 0 Å². The Morgan fingerprint density at radius 1 is 0.820 bits per heavy atom. The lowest BCUT2D eigenvalue weighted by Crippen LogP contribution is -2.54. The van der Waals surface area contributed by atoms with Crippen molar-refractivity contribution < 1.29 is 52.6 Å². The van der Waals surface area contributed by atoms with Crippen LogP contribution in [-0.4, -0.2) is 145 Å². The maximum absolute atomic E-state index is 13.2. The van der Waals surface area contributed by atoms with Crippen LogP contribution in [0.5, 0.6) is 5.75 Å². The number of rotatable bonds is 19. The molecule has 4 heterocycles. The maximum Gasteiger partial charge on any atom is 0.271 e. The summed E-state index contributed by atoms with van der Waals surface area (Å²) in [4.78, 5) is 103. The van der Waals surface area contributed by atoms with E-state index in [4.69, 9.17) is 37.4 Å². The second-order valence-electron chi connectivity index (χ2n) is 14.1. The molecule has 1 atom stereocenters. The number of imide groups is 2. The molecule has 22 heteroatoms. The average molecular weight is 885 g/mol. The van der Waals surface area contributed by atoms with Crippen molar-refractivity contribution in [2.45, 2.75) is 37.8 Å². The predicted octanol–water partition coefficient (Wildman–Crippen LogP) is 0.909. The molecule has 1 aromatic heterocycles. The van der Waals surface area contributed by atoms with E-state index in [1.54, 1.807) is 6.07 Å². The van der Waals surface area contributed by atoms with Crippen LogP contribution in [0.1, 0.15) is 67.2 Å². The van der Waals surface area contributed by atoms with Crippen LogP contribution < -0.4 is 31.3 Å². The molecule has 8 amide bonds. The summed E-state index contributed by atoms with van der Waals surface area (Å²) in [5, 5.41) is 20.0. The fraction of sp³-hybridized carbons (Fsp3) is 0.410. The van der Waals surface area contributed by atoms with Crippen LogP contribution in [0.4, 0.5) is 5.69 Å². The summed E-state index contributed by atoms with van der Waals surface area (Å²) in [7, 11) is 0. The Bertz CT molecular complexity index is 2160. The zero-order valence-electron chi connectivity index (χ0n) is 32.7. The molecule has 3 aromatic rings. The first-order valence-corrected chi connectivity index (χ1v) is 20.1. The molecule has 2 aromatic carbocycles. The fourth-order valence-corrected chi connectivity index (χ4v) is 7.42. The molecule has 0 spiro atoms. The van der Waals surface area contributed by atoms with Gasteiger partial charge in [-0.1, -0.05) is 35.3 Å². The normalized spacial score (nSPS) is 16.8. The standard InChI is InChI=1S/C39H43Cl2N9O11/c40-24-4-2-5-25(41)33(24)36(55)46-26-19-44-48-34(26)37(56)45-22-9-13-49(14-10-22)20-30(52)42-11-15-59-17-18-60-16-12-43-31(53)21-61-28-6-1-3-23-32(28)39(58)50(38(23)57)27-7-8-29(51)47-35(27)54/h1-6,19,22,27H,7-18,20-21H2,(H,42,52)(H,43,53)(H,44,48)(H,45,56)(H,46,55)(H,47,51,54). The number of carbonyl (C=O) groups is 8. The van der Waals surface area contributed by atoms with Crippen LogP contribution in [0, 0.1) is 0 Å². The molecular formula is C39H43Cl2N9O11. The number of likely N-dealkylation sites (tertiary alicyclic amines) is 1. The largest absolute Gasteiger partial charge is 0.483 e. The number of aromatic amines is 1. The molecule has 0 bridgehead atoms. The van der Waals surface area contributed by atoms with Gasteiger partial charge in [-0.2, -0.15) is 5.10 Å². The minimum atomic E-state index is -1.12. The molecular weight excluding hydrogens is 841 g/mol. The van der Waals surface area contributed by atoms with E-state index in [-0.39, 0.29) is 108 Å². The first-order valence-electron chi connectivity index (χ1n) is 19.4. The first-order chi connectivity index (χ1) is 29.4. The molecule has 3 aliphatic heterocycles. The number of piperidine rings is 2. The molecule has 6 rings (SSSR count). The van der Waals surface area contributed by atoms with Crippen LogP contribution >= 0.6 is 23.2 Å². The molecule has 2 fully saturated rings.